The molecule has 0 spiro atoms. The Labute approximate surface area is 109 Å². The largest absolute Gasteiger partial charge is 0.497 e. The molecule has 0 saturated heterocycles. The van der Waals surface area contributed by atoms with E-state index < -0.39 is 0 Å². The Morgan fingerprint density at radius 2 is 1.67 bits per heavy atom. The summed E-state index contributed by atoms with van der Waals surface area (Å²) in [6.45, 7) is 4.47. The molecule has 2 heteroatoms. The van der Waals surface area contributed by atoms with Gasteiger partial charge in [0.05, 0.1) is 7.11 Å². The molecule has 0 heterocycles. The Balaban J connectivity index is 2.38. The highest BCUT2D eigenvalue weighted by atomic mass is 16.5. The van der Waals surface area contributed by atoms with E-state index in [1.807, 2.05) is 13.1 Å². The van der Waals surface area contributed by atoms with Crippen LogP contribution in [0.4, 0.5) is 0 Å². The third kappa shape index (κ3) is 2.49. The van der Waals surface area contributed by atoms with E-state index in [1.165, 1.54) is 16.3 Å². The fourth-order valence-corrected chi connectivity index (χ4v) is 2.19. The quantitative estimate of drug-likeness (QED) is 0.886. The van der Waals surface area contributed by atoms with E-state index in [9.17, 15) is 0 Å². The maximum Gasteiger partial charge on any atom is 0.119 e. The van der Waals surface area contributed by atoms with E-state index in [0.717, 1.165) is 5.75 Å². The second-order valence-corrected chi connectivity index (χ2v) is 4.84. The van der Waals surface area contributed by atoms with Crippen LogP contribution in [0.5, 0.6) is 5.75 Å². The molecule has 0 bridgehead atoms. The first-order valence-electron chi connectivity index (χ1n) is 6.40. The van der Waals surface area contributed by atoms with Crippen LogP contribution in [0.2, 0.25) is 0 Å². The fraction of sp³-hybridized carbons (Fsp3) is 0.375. The molecule has 2 atom stereocenters. The first kappa shape index (κ1) is 12.9. The van der Waals surface area contributed by atoms with Gasteiger partial charge in [-0.15, -0.1) is 0 Å². The first-order chi connectivity index (χ1) is 8.65. The molecule has 0 amide bonds. The van der Waals surface area contributed by atoms with Crippen molar-refractivity contribution in [3.63, 3.8) is 0 Å². The van der Waals surface area contributed by atoms with E-state index >= 15 is 0 Å². The molecule has 0 aliphatic carbocycles. The predicted molar refractivity (Wildman–Crippen MR) is 77.4 cm³/mol. The molecule has 2 aromatic carbocycles. The van der Waals surface area contributed by atoms with Crippen molar-refractivity contribution in [1.29, 1.82) is 0 Å². The van der Waals surface area contributed by atoms with E-state index in [1.54, 1.807) is 7.11 Å². The predicted octanol–water partition coefficient (Wildman–Crippen LogP) is 3.56. The Morgan fingerprint density at radius 3 is 2.33 bits per heavy atom. The van der Waals surface area contributed by atoms with Crippen LogP contribution >= 0.6 is 0 Å². The first-order valence-corrected chi connectivity index (χ1v) is 6.40. The summed E-state index contributed by atoms with van der Waals surface area (Å²) in [5.41, 5.74) is 1.37. The number of methoxy groups -OCH3 is 1. The van der Waals surface area contributed by atoms with Gasteiger partial charge in [0, 0.05) is 6.04 Å². The second kappa shape index (κ2) is 5.40. The normalized spacial score (nSPS) is 14.4. The monoisotopic (exact) mass is 243 g/mol. The molecule has 0 fully saturated rings. The zero-order chi connectivity index (χ0) is 13.1. The van der Waals surface area contributed by atoms with Gasteiger partial charge in [-0.05, 0) is 48.4 Å². The van der Waals surface area contributed by atoms with Gasteiger partial charge in [-0.3, -0.25) is 0 Å². The molecule has 2 unspecified atom stereocenters. The highest BCUT2D eigenvalue weighted by Gasteiger charge is 2.12. The molecule has 0 aliphatic heterocycles. The highest BCUT2D eigenvalue weighted by Crippen LogP contribution is 2.26. The minimum absolute atomic E-state index is 0.473. The average molecular weight is 243 g/mol. The maximum absolute atomic E-state index is 5.25. The van der Waals surface area contributed by atoms with Crippen LogP contribution in [-0.2, 0) is 0 Å². The van der Waals surface area contributed by atoms with Gasteiger partial charge < -0.3 is 10.1 Å². The van der Waals surface area contributed by atoms with E-state index in [0.29, 0.717) is 12.0 Å². The summed E-state index contributed by atoms with van der Waals surface area (Å²) in [7, 11) is 3.71. The lowest BCUT2D eigenvalue weighted by atomic mass is 9.92. The Hall–Kier alpha value is -1.54. The Bertz CT molecular complexity index is 536. The molecule has 0 saturated carbocycles. The van der Waals surface area contributed by atoms with Crippen LogP contribution in [0.1, 0.15) is 25.3 Å². The lowest BCUT2D eigenvalue weighted by molar-refractivity contribution is 0.415. The van der Waals surface area contributed by atoms with Crippen LogP contribution < -0.4 is 10.1 Å². The van der Waals surface area contributed by atoms with Gasteiger partial charge in [-0.25, -0.2) is 0 Å². The van der Waals surface area contributed by atoms with Crippen LogP contribution in [0.25, 0.3) is 10.8 Å². The van der Waals surface area contributed by atoms with Crippen molar-refractivity contribution in [2.75, 3.05) is 14.2 Å². The van der Waals surface area contributed by atoms with E-state index in [4.69, 9.17) is 4.74 Å². The average Bonchev–Trinajstić information content (AvgIpc) is 2.44. The molecule has 0 aromatic heterocycles. The molecule has 18 heavy (non-hydrogen) atoms. The molecule has 2 aromatic rings. The van der Waals surface area contributed by atoms with Crippen molar-refractivity contribution in [3.05, 3.63) is 42.0 Å². The molecule has 2 rings (SSSR count). The van der Waals surface area contributed by atoms with Gasteiger partial charge in [0.2, 0.25) is 0 Å². The van der Waals surface area contributed by atoms with Crippen molar-refractivity contribution in [1.82, 2.24) is 5.32 Å². The number of likely N-dealkylation sites (N-methyl/N-ethyl adjacent to an activating group) is 1. The van der Waals surface area contributed by atoms with Crippen molar-refractivity contribution >= 4 is 10.8 Å². The zero-order valence-corrected chi connectivity index (χ0v) is 11.5. The topological polar surface area (TPSA) is 21.3 Å². The highest BCUT2D eigenvalue weighted by molar-refractivity contribution is 5.84. The molecule has 0 aliphatic rings. The molecule has 0 radical (unpaired) electrons. The van der Waals surface area contributed by atoms with E-state index in [-0.39, 0.29) is 0 Å². The van der Waals surface area contributed by atoms with Crippen LogP contribution in [0.3, 0.4) is 0 Å². The van der Waals surface area contributed by atoms with Gasteiger partial charge in [0.15, 0.2) is 0 Å². The molecule has 2 nitrogen and oxygen atoms in total. The molecular weight excluding hydrogens is 222 g/mol. The van der Waals surface area contributed by atoms with Gasteiger partial charge in [0.25, 0.3) is 0 Å². The third-order valence-electron chi connectivity index (χ3n) is 3.80. The summed E-state index contributed by atoms with van der Waals surface area (Å²) in [6, 6.07) is 13.3. The van der Waals surface area contributed by atoms with Crippen molar-refractivity contribution < 1.29 is 4.74 Å². The van der Waals surface area contributed by atoms with Crippen molar-refractivity contribution in [2.45, 2.75) is 25.8 Å². The van der Waals surface area contributed by atoms with Gasteiger partial charge >= 0.3 is 0 Å². The number of ether oxygens (including phenoxy) is 1. The number of hydrogen-bond donors (Lipinski definition) is 1. The summed E-state index contributed by atoms with van der Waals surface area (Å²) >= 11 is 0. The zero-order valence-electron chi connectivity index (χ0n) is 11.5. The lowest BCUT2D eigenvalue weighted by Gasteiger charge is -2.20. The minimum atomic E-state index is 0.473. The summed E-state index contributed by atoms with van der Waals surface area (Å²) in [5, 5.41) is 5.80. The van der Waals surface area contributed by atoms with Gasteiger partial charge in [-0.2, -0.15) is 0 Å². The summed E-state index contributed by atoms with van der Waals surface area (Å²) in [5.74, 6) is 1.41. The number of rotatable bonds is 4. The smallest absolute Gasteiger partial charge is 0.119 e. The minimum Gasteiger partial charge on any atom is -0.497 e. The molecule has 96 valence electrons. The van der Waals surface area contributed by atoms with Crippen molar-refractivity contribution in [2.24, 2.45) is 0 Å². The van der Waals surface area contributed by atoms with Gasteiger partial charge in [-0.1, -0.05) is 31.2 Å². The molecule has 1 N–H and O–H groups in total. The molecular formula is C16H21NO. The number of hydrogen-bond acceptors (Lipinski definition) is 2. The summed E-state index contributed by atoms with van der Waals surface area (Å²) in [6.07, 6.45) is 0. The Kier molecular flexibility index (Phi) is 3.87. The van der Waals surface area contributed by atoms with Crippen LogP contribution in [0, 0.1) is 0 Å². The standard InChI is InChI=1S/C16H21NO/c1-11(12(2)17-3)13-5-6-15-10-16(18-4)8-7-14(15)9-13/h5-12,17H,1-4H3. The lowest BCUT2D eigenvalue weighted by Crippen LogP contribution is -2.27. The van der Waals surface area contributed by atoms with Gasteiger partial charge in [0.1, 0.15) is 5.75 Å². The number of benzene rings is 2. The fourth-order valence-electron chi connectivity index (χ4n) is 2.19. The maximum atomic E-state index is 5.25. The Morgan fingerprint density at radius 1 is 1.00 bits per heavy atom. The van der Waals surface area contributed by atoms with E-state index in [2.05, 4.69) is 49.5 Å². The number of fused-ring (bicyclic) bond motifs is 1. The number of nitrogens with one attached hydrogen (secondary N) is 1. The second-order valence-electron chi connectivity index (χ2n) is 4.84. The van der Waals surface area contributed by atoms with Crippen molar-refractivity contribution in [3.8, 4) is 5.75 Å². The SMILES string of the molecule is CNC(C)C(C)c1ccc2cc(OC)ccc2c1. The third-order valence-corrected chi connectivity index (χ3v) is 3.80. The summed E-state index contributed by atoms with van der Waals surface area (Å²) < 4.78 is 5.25. The van der Waals surface area contributed by atoms with Crippen LogP contribution in [0.15, 0.2) is 36.4 Å². The summed E-state index contributed by atoms with van der Waals surface area (Å²) in [4.78, 5) is 0. The van der Waals surface area contributed by atoms with Crippen LogP contribution in [-0.4, -0.2) is 20.2 Å².